The summed E-state index contributed by atoms with van der Waals surface area (Å²) >= 11 is 0. The van der Waals surface area contributed by atoms with Crippen molar-refractivity contribution in [3.8, 4) is 0 Å². The summed E-state index contributed by atoms with van der Waals surface area (Å²) in [6.07, 6.45) is -0.202. The zero-order chi connectivity index (χ0) is 20.4. The van der Waals surface area contributed by atoms with E-state index in [-0.39, 0.29) is 18.7 Å². The Hall–Kier alpha value is -3.36. The van der Waals surface area contributed by atoms with Crippen LogP contribution in [0.15, 0.2) is 36.4 Å². The predicted octanol–water partition coefficient (Wildman–Crippen LogP) is 2.88. The second-order valence-electron chi connectivity index (χ2n) is 6.15. The van der Waals surface area contributed by atoms with Crippen LogP contribution in [0.2, 0.25) is 0 Å². The van der Waals surface area contributed by atoms with E-state index in [1.807, 2.05) is 0 Å². The molecule has 2 amide bonds. The van der Waals surface area contributed by atoms with Gasteiger partial charge in [0.25, 0.3) is 0 Å². The maximum Gasteiger partial charge on any atom is 0.340 e. The lowest BCUT2D eigenvalue weighted by Crippen LogP contribution is -2.29. The number of rotatable bonds is 4. The highest BCUT2D eigenvalue weighted by molar-refractivity contribution is 6.04. The number of ether oxygens (including phenoxy) is 1. The highest BCUT2D eigenvalue weighted by Gasteiger charge is 2.36. The third-order valence-electron chi connectivity index (χ3n) is 4.36. The van der Waals surface area contributed by atoms with E-state index in [1.165, 1.54) is 18.2 Å². The summed E-state index contributed by atoms with van der Waals surface area (Å²) in [5.74, 6) is -5.91. The van der Waals surface area contributed by atoms with Crippen molar-refractivity contribution >= 4 is 29.2 Å². The molecule has 1 heterocycles. The fraction of sp³-hybridized carbons (Fsp3) is 0.211. The fourth-order valence-corrected chi connectivity index (χ4v) is 2.93. The van der Waals surface area contributed by atoms with Crippen LogP contribution in [0.25, 0.3) is 0 Å². The van der Waals surface area contributed by atoms with Gasteiger partial charge < -0.3 is 15.0 Å². The molecule has 1 fully saturated rings. The van der Waals surface area contributed by atoms with E-state index in [1.54, 1.807) is 6.07 Å². The lowest BCUT2D eigenvalue weighted by atomic mass is 10.1. The Morgan fingerprint density at radius 3 is 2.50 bits per heavy atom. The first-order valence-electron chi connectivity index (χ1n) is 8.25. The Balaban J connectivity index is 1.78. The van der Waals surface area contributed by atoms with E-state index >= 15 is 0 Å². The molecule has 1 aliphatic heterocycles. The van der Waals surface area contributed by atoms with Gasteiger partial charge in [0.2, 0.25) is 11.8 Å². The molecule has 1 atom stereocenters. The molecule has 0 radical (unpaired) electrons. The Labute approximate surface area is 157 Å². The normalized spacial score (nSPS) is 16.2. The molecule has 0 aromatic heterocycles. The zero-order valence-electron chi connectivity index (χ0n) is 14.7. The number of nitrogens with one attached hydrogen (secondary N) is 1. The van der Waals surface area contributed by atoms with Crippen molar-refractivity contribution in [2.45, 2.75) is 6.42 Å². The van der Waals surface area contributed by atoms with Gasteiger partial charge in [0.15, 0.2) is 0 Å². The van der Waals surface area contributed by atoms with Crippen molar-refractivity contribution in [3.63, 3.8) is 0 Å². The van der Waals surface area contributed by atoms with Crippen LogP contribution in [0.1, 0.15) is 16.8 Å². The molecule has 1 aliphatic rings. The van der Waals surface area contributed by atoms with Crippen LogP contribution in [-0.2, 0) is 14.3 Å². The number of hydrogen-bond donors (Lipinski definition) is 1. The Kier molecular flexibility index (Phi) is 5.34. The van der Waals surface area contributed by atoms with Crippen LogP contribution in [0.5, 0.6) is 0 Å². The van der Waals surface area contributed by atoms with E-state index in [2.05, 4.69) is 10.1 Å². The van der Waals surface area contributed by atoms with Crippen LogP contribution < -0.4 is 10.2 Å². The molecule has 0 unspecified atom stereocenters. The van der Waals surface area contributed by atoms with E-state index in [9.17, 15) is 27.6 Å². The molecule has 0 spiro atoms. The van der Waals surface area contributed by atoms with Gasteiger partial charge in [-0.3, -0.25) is 9.59 Å². The largest absolute Gasteiger partial charge is 0.465 e. The number of benzene rings is 2. The van der Waals surface area contributed by atoms with Crippen molar-refractivity contribution < 1.29 is 32.3 Å². The van der Waals surface area contributed by atoms with Crippen molar-refractivity contribution in [3.05, 3.63) is 59.4 Å². The third-order valence-corrected chi connectivity index (χ3v) is 4.36. The van der Waals surface area contributed by atoms with Crippen molar-refractivity contribution in [2.75, 3.05) is 23.9 Å². The summed E-state index contributed by atoms with van der Waals surface area (Å²) in [6, 6.07) is 6.91. The maximum atomic E-state index is 14.0. The third kappa shape index (κ3) is 3.68. The molecule has 0 aliphatic carbocycles. The number of amides is 2. The SMILES string of the molecule is COC(=O)c1cc(NC(=O)[C@H]2CC(=O)N(c3ccccc3F)C2)c(F)cc1F. The molecule has 1 N–H and O–H groups in total. The number of hydrogen-bond acceptors (Lipinski definition) is 4. The topological polar surface area (TPSA) is 75.7 Å². The molecule has 3 rings (SSSR count). The first-order valence-corrected chi connectivity index (χ1v) is 8.25. The standard InChI is InChI=1S/C19H15F3N2O4/c1-28-19(27)11-7-15(14(22)8-13(11)21)23-18(26)10-6-17(25)24(9-10)16-5-3-2-4-12(16)20/h2-5,7-8,10H,6,9H2,1H3,(H,23,26)/t10-/m0/s1. The summed E-state index contributed by atoms with van der Waals surface area (Å²) in [6.45, 7) is -0.0989. The van der Waals surface area contributed by atoms with Gasteiger partial charge in [-0.15, -0.1) is 0 Å². The maximum absolute atomic E-state index is 14.0. The number of para-hydroxylation sites is 1. The fourth-order valence-electron chi connectivity index (χ4n) is 2.93. The van der Waals surface area contributed by atoms with Crippen LogP contribution in [0, 0.1) is 23.4 Å². The van der Waals surface area contributed by atoms with E-state index in [0.29, 0.717) is 6.07 Å². The highest BCUT2D eigenvalue weighted by Crippen LogP contribution is 2.28. The van der Waals surface area contributed by atoms with Crippen LogP contribution in [0.3, 0.4) is 0 Å². The summed E-state index contributed by atoms with van der Waals surface area (Å²) < 4.78 is 46.0. The quantitative estimate of drug-likeness (QED) is 0.812. The Morgan fingerprint density at radius 2 is 1.82 bits per heavy atom. The highest BCUT2D eigenvalue weighted by atomic mass is 19.1. The van der Waals surface area contributed by atoms with E-state index in [4.69, 9.17) is 0 Å². The molecule has 6 nitrogen and oxygen atoms in total. The van der Waals surface area contributed by atoms with Gasteiger partial charge in [0.05, 0.1) is 30.0 Å². The smallest absolute Gasteiger partial charge is 0.340 e. The van der Waals surface area contributed by atoms with Crippen LogP contribution >= 0.6 is 0 Å². The van der Waals surface area contributed by atoms with Crippen LogP contribution in [0.4, 0.5) is 24.5 Å². The van der Waals surface area contributed by atoms with Gasteiger partial charge in [0, 0.05) is 19.0 Å². The molecule has 2 aromatic carbocycles. The van der Waals surface area contributed by atoms with Crippen molar-refractivity contribution in [2.24, 2.45) is 5.92 Å². The molecule has 28 heavy (non-hydrogen) atoms. The monoisotopic (exact) mass is 392 g/mol. The molecule has 9 heteroatoms. The van der Waals surface area contributed by atoms with Gasteiger partial charge in [-0.2, -0.15) is 0 Å². The predicted molar refractivity (Wildman–Crippen MR) is 93.2 cm³/mol. The minimum absolute atomic E-state index is 0.0451. The van der Waals surface area contributed by atoms with Gasteiger partial charge in [-0.1, -0.05) is 12.1 Å². The number of methoxy groups -OCH3 is 1. The number of carbonyl (C=O) groups is 3. The zero-order valence-corrected chi connectivity index (χ0v) is 14.7. The molecular weight excluding hydrogens is 377 g/mol. The number of carbonyl (C=O) groups excluding carboxylic acids is 3. The van der Waals surface area contributed by atoms with E-state index in [0.717, 1.165) is 18.1 Å². The first-order chi connectivity index (χ1) is 13.3. The number of anilines is 2. The molecule has 146 valence electrons. The summed E-state index contributed by atoms with van der Waals surface area (Å²) in [5.41, 5.74) is -0.929. The molecule has 0 saturated carbocycles. The average molecular weight is 392 g/mol. The summed E-state index contributed by atoms with van der Waals surface area (Å²) in [4.78, 5) is 37.3. The minimum Gasteiger partial charge on any atom is -0.465 e. The number of nitrogens with zero attached hydrogens (tertiary/aromatic N) is 1. The summed E-state index contributed by atoms with van der Waals surface area (Å²) in [7, 11) is 1.03. The lowest BCUT2D eigenvalue weighted by Gasteiger charge is -2.17. The second-order valence-corrected chi connectivity index (χ2v) is 6.15. The van der Waals surface area contributed by atoms with Gasteiger partial charge in [-0.05, 0) is 18.2 Å². The summed E-state index contributed by atoms with van der Waals surface area (Å²) in [5, 5.41) is 2.24. The molecule has 0 bridgehead atoms. The van der Waals surface area contributed by atoms with Crippen LogP contribution in [-0.4, -0.2) is 31.4 Å². The second kappa shape index (κ2) is 7.71. The first kappa shape index (κ1) is 19.4. The van der Waals surface area contributed by atoms with E-state index < -0.39 is 52.4 Å². The molecule has 1 saturated heterocycles. The molecule has 2 aromatic rings. The number of esters is 1. The average Bonchev–Trinajstić information content (AvgIpc) is 3.05. The van der Waals surface area contributed by atoms with Crippen molar-refractivity contribution in [1.82, 2.24) is 0 Å². The molecular formula is C19H15F3N2O4. The Bertz CT molecular complexity index is 964. The van der Waals surface area contributed by atoms with Gasteiger partial charge in [-0.25, -0.2) is 18.0 Å². The van der Waals surface area contributed by atoms with Gasteiger partial charge >= 0.3 is 5.97 Å². The Morgan fingerprint density at radius 1 is 1.11 bits per heavy atom. The van der Waals surface area contributed by atoms with Crippen molar-refractivity contribution in [1.29, 1.82) is 0 Å². The lowest BCUT2D eigenvalue weighted by molar-refractivity contribution is -0.122. The minimum atomic E-state index is -1.14. The van der Waals surface area contributed by atoms with Gasteiger partial charge in [0.1, 0.15) is 17.5 Å². The number of halogens is 3.